The third-order valence-corrected chi connectivity index (χ3v) is 4.69. The van der Waals surface area contributed by atoms with Gasteiger partial charge in [-0.2, -0.15) is 0 Å². The molecule has 0 unspecified atom stereocenters. The highest BCUT2D eigenvalue weighted by Gasteiger charge is 2.23. The zero-order valence-corrected chi connectivity index (χ0v) is 11.2. The first kappa shape index (κ1) is 12.1. The molecule has 1 aromatic heterocycles. The van der Waals surface area contributed by atoms with Gasteiger partial charge in [-0.05, 0) is 12.8 Å². The van der Waals surface area contributed by atoms with E-state index in [1.54, 1.807) is 11.3 Å². The number of hydrogen-bond donors (Lipinski definition) is 1. The highest BCUT2D eigenvalue weighted by atomic mass is 32.1. The Kier molecular flexibility index (Phi) is 3.61. The molecule has 0 atom stereocenters. The molecule has 2 heterocycles. The SMILES string of the molecule is O=C(Nc1nc2c(s1)COCC2)C1CCCCC1. The minimum absolute atomic E-state index is 0.154. The summed E-state index contributed by atoms with van der Waals surface area (Å²) < 4.78 is 5.39. The Morgan fingerprint density at radius 1 is 1.33 bits per heavy atom. The number of amides is 1. The van der Waals surface area contributed by atoms with E-state index in [2.05, 4.69) is 10.3 Å². The van der Waals surface area contributed by atoms with Gasteiger partial charge in [0.1, 0.15) is 0 Å². The van der Waals surface area contributed by atoms with Crippen molar-refractivity contribution in [1.82, 2.24) is 4.98 Å². The van der Waals surface area contributed by atoms with Crippen molar-refractivity contribution in [2.75, 3.05) is 11.9 Å². The van der Waals surface area contributed by atoms with Crippen LogP contribution in [-0.4, -0.2) is 17.5 Å². The second kappa shape index (κ2) is 5.36. The quantitative estimate of drug-likeness (QED) is 0.895. The van der Waals surface area contributed by atoms with Crippen LogP contribution in [-0.2, 0) is 22.6 Å². The summed E-state index contributed by atoms with van der Waals surface area (Å²) in [5, 5.41) is 3.73. The van der Waals surface area contributed by atoms with Gasteiger partial charge in [0.05, 0.1) is 23.8 Å². The van der Waals surface area contributed by atoms with E-state index in [0.29, 0.717) is 6.61 Å². The highest BCUT2D eigenvalue weighted by molar-refractivity contribution is 7.15. The van der Waals surface area contributed by atoms with Crippen LogP contribution in [0.3, 0.4) is 0 Å². The van der Waals surface area contributed by atoms with Crippen molar-refractivity contribution in [1.29, 1.82) is 0 Å². The monoisotopic (exact) mass is 266 g/mol. The number of fused-ring (bicyclic) bond motifs is 1. The Labute approximate surface area is 111 Å². The van der Waals surface area contributed by atoms with Crippen LogP contribution in [0.25, 0.3) is 0 Å². The summed E-state index contributed by atoms with van der Waals surface area (Å²) >= 11 is 1.56. The molecular formula is C13H18N2O2S. The zero-order chi connectivity index (χ0) is 12.4. The molecule has 5 heteroatoms. The lowest BCUT2D eigenvalue weighted by molar-refractivity contribution is -0.120. The lowest BCUT2D eigenvalue weighted by Gasteiger charge is -2.19. The molecule has 0 saturated heterocycles. The lowest BCUT2D eigenvalue weighted by Crippen LogP contribution is -2.24. The fourth-order valence-electron chi connectivity index (χ4n) is 2.65. The maximum Gasteiger partial charge on any atom is 0.229 e. The molecule has 2 aliphatic rings. The van der Waals surface area contributed by atoms with Crippen molar-refractivity contribution in [3.05, 3.63) is 10.6 Å². The van der Waals surface area contributed by atoms with Crippen molar-refractivity contribution in [3.63, 3.8) is 0 Å². The maximum absolute atomic E-state index is 12.1. The van der Waals surface area contributed by atoms with Gasteiger partial charge in [-0.15, -0.1) is 0 Å². The molecule has 1 aliphatic heterocycles. The number of carbonyl (C=O) groups is 1. The van der Waals surface area contributed by atoms with E-state index >= 15 is 0 Å². The first-order valence-electron chi connectivity index (χ1n) is 6.70. The first-order chi connectivity index (χ1) is 8.83. The Balaban J connectivity index is 1.64. The molecule has 18 heavy (non-hydrogen) atoms. The number of carbonyl (C=O) groups excluding carboxylic acids is 1. The summed E-state index contributed by atoms with van der Waals surface area (Å²) in [5.41, 5.74) is 1.10. The topological polar surface area (TPSA) is 51.2 Å². The second-order valence-corrected chi connectivity index (χ2v) is 6.10. The molecule has 0 aromatic carbocycles. The van der Waals surface area contributed by atoms with E-state index in [-0.39, 0.29) is 11.8 Å². The van der Waals surface area contributed by atoms with Gasteiger partial charge in [0.2, 0.25) is 5.91 Å². The maximum atomic E-state index is 12.1. The predicted octanol–water partition coefficient (Wildman–Crippen LogP) is 2.73. The van der Waals surface area contributed by atoms with Gasteiger partial charge in [0.15, 0.2) is 5.13 Å². The van der Waals surface area contributed by atoms with Crippen LogP contribution in [0, 0.1) is 5.92 Å². The summed E-state index contributed by atoms with van der Waals surface area (Å²) in [6, 6.07) is 0. The van der Waals surface area contributed by atoms with Crippen molar-refractivity contribution in [2.24, 2.45) is 5.92 Å². The summed E-state index contributed by atoms with van der Waals surface area (Å²) in [7, 11) is 0. The molecule has 3 rings (SSSR count). The Hall–Kier alpha value is -0.940. The molecule has 98 valence electrons. The summed E-state index contributed by atoms with van der Waals surface area (Å²) in [6.45, 7) is 1.39. The molecule has 1 aromatic rings. The molecule has 0 radical (unpaired) electrons. The van der Waals surface area contributed by atoms with E-state index in [1.165, 1.54) is 24.1 Å². The summed E-state index contributed by atoms with van der Waals surface area (Å²) in [6.07, 6.45) is 6.55. The van der Waals surface area contributed by atoms with E-state index in [4.69, 9.17) is 4.74 Å². The van der Waals surface area contributed by atoms with Crippen LogP contribution in [0.5, 0.6) is 0 Å². The number of rotatable bonds is 2. The van der Waals surface area contributed by atoms with Crippen molar-refractivity contribution >= 4 is 22.4 Å². The standard InChI is InChI=1S/C13H18N2O2S/c16-12(9-4-2-1-3-5-9)15-13-14-10-6-7-17-8-11(10)18-13/h9H,1-8H2,(H,14,15,16). The van der Waals surface area contributed by atoms with E-state index in [0.717, 1.165) is 36.7 Å². The van der Waals surface area contributed by atoms with E-state index < -0.39 is 0 Å². The summed E-state index contributed by atoms with van der Waals surface area (Å²) in [4.78, 5) is 17.8. The minimum Gasteiger partial charge on any atom is -0.375 e. The lowest BCUT2D eigenvalue weighted by atomic mass is 9.89. The number of nitrogens with one attached hydrogen (secondary N) is 1. The zero-order valence-electron chi connectivity index (χ0n) is 10.4. The van der Waals surface area contributed by atoms with Gasteiger partial charge in [-0.3, -0.25) is 4.79 Å². The normalized spacial score (nSPS) is 20.4. The Bertz CT molecular complexity index is 415. The van der Waals surface area contributed by atoms with E-state index in [9.17, 15) is 4.79 Å². The second-order valence-electron chi connectivity index (χ2n) is 5.02. The molecular weight excluding hydrogens is 248 g/mol. The number of aromatic nitrogens is 1. The Morgan fingerprint density at radius 3 is 2.94 bits per heavy atom. The van der Waals surface area contributed by atoms with Gasteiger partial charge < -0.3 is 10.1 Å². The summed E-state index contributed by atoms with van der Waals surface area (Å²) in [5.74, 6) is 0.345. The van der Waals surface area contributed by atoms with Gasteiger partial charge in [-0.1, -0.05) is 30.6 Å². The number of thiazole rings is 1. The molecule has 1 amide bonds. The molecule has 0 bridgehead atoms. The van der Waals surface area contributed by atoms with Crippen molar-refractivity contribution in [2.45, 2.75) is 45.1 Å². The molecule has 1 N–H and O–H groups in total. The number of ether oxygens (including phenoxy) is 1. The van der Waals surface area contributed by atoms with Gasteiger partial charge >= 0.3 is 0 Å². The predicted molar refractivity (Wildman–Crippen MR) is 70.7 cm³/mol. The highest BCUT2D eigenvalue weighted by Crippen LogP contribution is 2.29. The molecule has 1 fully saturated rings. The van der Waals surface area contributed by atoms with Crippen LogP contribution in [0.15, 0.2) is 0 Å². The van der Waals surface area contributed by atoms with Crippen molar-refractivity contribution in [3.8, 4) is 0 Å². The average molecular weight is 266 g/mol. The van der Waals surface area contributed by atoms with Crippen LogP contribution in [0.1, 0.15) is 42.7 Å². The fourth-order valence-corrected chi connectivity index (χ4v) is 3.60. The Morgan fingerprint density at radius 2 is 2.17 bits per heavy atom. The van der Waals surface area contributed by atoms with Crippen molar-refractivity contribution < 1.29 is 9.53 Å². The van der Waals surface area contributed by atoms with Crippen LogP contribution < -0.4 is 5.32 Å². The number of anilines is 1. The first-order valence-corrected chi connectivity index (χ1v) is 7.52. The number of nitrogens with zero attached hydrogens (tertiary/aromatic N) is 1. The minimum atomic E-state index is 0.154. The van der Waals surface area contributed by atoms with Crippen LogP contribution in [0.4, 0.5) is 5.13 Å². The molecule has 0 spiro atoms. The van der Waals surface area contributed by atoms with Gasteiger partial charge in [-0.25, -0.2) is 4.98 Å². The molecule has 1 aliphatic carbocycles. The van der Waals surface area contributed by atoms with Gasteiger partial charge in [0.25, 0.3) is 0 Å². The average Bonchev–Trinajstić information content (AvgIpc) is 2.82. The fraction of sp³-hybridized carbons (Fsp3) is 0.692. The third-order valence-electron chi connectivity index (χ3n) is 3.70. The van der Waals surface area contributed by atoms with Gasteiger partial charge in [0, 0.05) is 12.3 Å². The van der Waals surface area contributed by atoms with Crippen LogP contribution >= 0.6 is 11.3 Å². The van der Waals surface area contributed by atoms with E-state index in [1.807, 2.05) is 0 Å². The molecule has 4 nitrogen and oxygen atoms in total. The largest absolute Gasteiger partial charge is 0.375 e. The smallest absolute Gasteiger partial charge is 0.229 e. The third kappa shape index (κ3) is 2.57. The molecule has 1 saturated carbocycles. The van der Waals surface area contributed by atoms with Crippen LogP contribution in [0.2, 0.25) is 0 Å². The number of hydrogen-bond acceptors (Lipinski definition) is 4.